The highest BCUT2D eigenvalue weighted by molar-refractivity contribution is 6.74. The standard InChI is InChI=1S/C14H30O3Si/c1-13(2,3)18(4,5)17-11-14(8-6-9-14)12(16)7-10-15/h12,15-16H,6-11H2,1-5H3/t12-/m0/s1. The van der Waals surface area contributed by atoms with Gasteiger partial charge in [-0.2, -0.15) is 0 Å². The predicted molar refractivity (Wildman–Crippen MR) is 77.1 cm³/mol. The molecule has 3 nitrogen and oxygen atoms in total. The smallest absolute Gasteiger partial charge is 0.192 e. The Morgan fingerprint density at radius 3 is 2.17 bits per heavy atom. The molecule has 108 valence electrons. The topological polar surface area (TPSA) is 49.7 Å². The third-order valence-corrected chi connectivity index (χ3v) is 9.46. The average molecular weight is 274 g/mol. The summed E-state index contributed by atoms with van der Waals surface area (Å²) in [5, 5.41) is 19.4. The Balaban J connectivity index is 2.60. The van der Waals surface area contributed by atoms with E-state index in [0.717, 1.165) is 12.8 Å². The highest BCUT2D eigenvalue weighted by Crippen LogP contribution is 2.47. The first-order chi connectivity index (χ1) is 8.15. The highest BCUT2D eigenvalue weighted by atomic mass is 28.4. The van der Waals surface area contributed by atoms with E-state index in [1.165, 1.54) is 6.42 Å². The van der Waals surface area contributed by atoms with Gasteiger partial charge in [0.1, 0.15) is 0 Å². The van der Waals surface area contributed by atoms with Gasteiger partial charge in [0, 0.05) is 18.6 Å². The van der Waals surface area contributed by atoms with Crippen molar-refractivity contribution in [2.45, 2.75) is 70.7 Å². The maximum absolute atomic E-state index is 10.2. The Morgan fingerprint density at radius 1 is 1.28 bits per heavy atom. The molecule has 0 radical (unpaired) electrons. The van der Waals surface area contributed by atoms with Crippen LogP contribution in [0.4, 0.5) is 0 Å². The molecule has 1 saturated carbocycles. The summed E-state index contributed by atoms with van der Waals surface area (Å²) in [6.45, 7) is 11.9. The molecule has 0 aromatic rings. The fourth-order valence-corrected chi connectivity index (χ4v) is 3.26. The zero-order valence-electron chi connectivity index (χ0n) is 12.6. The molecular formula is C14H30O3Si. The maximum Gasteiger partial charge on any atom is 0.192 e. The van der Waals surface area contributed by atoms with E-state index in [1.54, 1.807) is 0 Å². The van der Waals surface area contributed by atoms with Crippen molar-refractivity contribution in [1.29, 1.82) is 0 Å². The first-order valence-corrected chi connectivity index (χ1v) is 9.98. The minimum atomic E-state index is -1.74. The SMILES string of the molecule is CC(C)(C)[Si](C)(C)OCC1([C@@H](O)CCO)CCC1. The molecule has 0 aliphatic heterocycles. The van der Waals surface area contributed by atoms with Gasteiger partial charge in [-0.05, 0) is 37.4 Å². The van der Waals surface area contributed by atoms with Crippen LogP contribution in [0.25, 0.3) is 0 Å². The minimum Gasteiger partial charge on any atom is -0.416 e. The van der Waals surface area contributed by atoms with Crippen molar-refractivity contribution in [1.82, 2.24) is 0 Å². The summed E-state index contributed by atoms with van der Waals surface area (Å²) in [4.78, 5) is 0. The van der Waals surface area contributed by atoms with Crippen molar-refractivity contribution in [2.75, 3.05) is 13.2 Å². The molecule has 1 rings (SSSR count). The van der Waals surface area contributed by atoms with Gasteiger partial charge in [-0.25, -0.2) is 0 Å². The molecule has 0 spiro atoms. The molecule has 1 aliphatic carbocycles. The van der Waals surface area contributed by atoms with E-state index in [4.69, 9.17) is 9.53 Å². The van der Waals surface area contributed by atoms with Crippen molar-refractivity contribution in [3.63, 3.8) is 0 Å². The normalized spacial score (nSPS) is 21.5. The van der Waals surface area contributed by atoms with Crippen LogP contribution in [0.3, 0.4) is 0 Å². The van der Waals surface area contributed by atoms with Gasteiger partial charge in [0.25, 0.3) is 0 Å². The summed E-state index contributed by atoms with van der Waals surface area (Å²) >= 11 is 0. The molecule has 1 aliphatic rings. The Kier molecular flexibility index (Phi) is 5.04. The zero-order chi connectivity index (χ0) is 14.0. The van der Waals surface area contributed by atoms with E-state index >= 15 is 0 Å². The van der Waals surface area contributed by atoms with E-state index in [0.29, 0.717) is 13.0 Å². The summed E-state index contributed by atoms with van der Waals surface area (Å²) in [5.41, 5.74) is -0.0851. The number of hydrogen-bond acceptors (Lipinski definition) is 3. The lowest BCUT2D eigenvalue weighted by molar-refractivity contribution is -0.0756. The van der Waals surface area contributed by atoms with Crippen LogP contribution in [0.5, 0.6) is 0 Å². The van der Waals surface area contributed by atoms with Crippen molar-refractivity contribution in [2.24, 2.45) is 5.41 Å². The minimum absolute atomic E-state index is 0.0585. The third kappa shape index (κ3) is 3.35. The average Bonchev–Trinajstić information content (AvgIpc) is 2.14. The van der Waals surface area contributed by atoms with Crippen molar-refractivity contribution in [3.05, 3.63) is 0 Å². The van der Waals surface area contributed by atoms with Crippen LogP contribution >= 0.6 is 0 Å². The quantitative estimate of drug-likeness (QED) is 0.732. The van der Waals surface area contributed by atoms with Gasteiger partial charge >= 0.3 is 0 Å². The zero-order valence-corrected chi connectivity index (χ0v) is 13.6. The Labute approximate surface area is 113 Å². The fraction of sp³-hybridized carbons (Fsp3) is 1.00. The lowest BCUT2D eigenvalue weighted by Gasteiger charge is -2.48. The fourth-order valence-electron chi connectivity index (χ4n) is 2.17. The Bertz CT molecular complexity index is 267. The molecule has 0 aromatic heterocycles. The van der Waals surface area contributed by atoms with Crippen molar-refractivity contribution >= 4 is 8.32 Å². The van der Waals surface area contributed by atoms with E-state index in [9.17, 15) is 5.11 Å². The van der Waals surface area contributed by atoms with E-state index in [-0.39, 0.29) is 17.1 Å². The number of hydrogen-bond donors (Lipinski definition) is 2. The molecule has 0 aromatic carbocycles. The second-order valence-electron chi connectivity index (χ2n) is 7.29. The monoisotopic (exact) mass is 274 g/mol. The van der Waals surface area contributed by atoms with Crippen LogP contribution in [0.2, 0.25) is 18.1 Å². The molecule has 4 heteroatoms. The maximum atomic E-state index is 10.2. The van der Waals surface area contributed by atoms with Crippen molar-refractivity contribution < 1.29 is 14.6 Å². The van der Waals surface area contributed by atoms with Gasteiger partial charge in [-0.1, -0.05) is 27.2 Å². The molecule has 0 heterocycles. The van der Waals surface area contributed by atoms with Crippen LogP contribution < -0.4 is 0 Å². The number of aliphatic hydroxyl groups excluding tert-OH is 2. The summed E-state index contributed by atoms with van der Waals surface area (Å²) in [7, 11) is -1.74. The van der Waals surface area contributed by atoms with Gasteiger partial charge < -0.3 is 14.6 Å². The summed E-state index contributed by atoms with van der Waals surface area (Å²) < 4.78 is 6.27. The first kappa shape index (κ1) is 16.2. The second kappa shape index (κ2) is 5.61. The third-order valence-electron chi connectivity index (χ3n) is 4.99. The molecule has 0 amide bonds. The lowest BCUT2D eigenvalue weighted by atomic mass is 9.65. The van der Waals surface area contributed by atoms with Crippen LogP contribution in [-0.4, -0.2) is 37.8 Å². The molecule has 2 N–H and O–H groups in total. The summed E-state index contributed by atoms with van der Waals surface area (Å²) in [6, 6.07) is 0. The van der Waals surface area contributed by atoms with Gasteiger partial charge in [-0.3, -0.25) is 0 Å². The first-order valence-electron chi connectivity index (χ1n) is 7.07. The number of rotatable bonds is 6. The van der Waals surface area contributed by atoms with E-state index in [2.05, 4.69) is 33.9 Å². The number of aliphatic hydroxyl groups is 2. The largest absolute Gasteiger partial charge is 0.416 e. The molecule has 0 saturated heterocycles. The van der Waals surface area contributed by atoms with Gasteiger partial charge in [0.2, 0.25) is 0 Å². The Morgan fingerprint density at radius 2 is 1.83 bits per heavy atom. The second-order valence-corrected chi connectivity index (χ2v) is 12.1. The van der Waals surface area contributed by atoms with Gasteiger partial charge in [0.15, 0.2) is 8.32 Å². The molecular weight excluding hydrogens is 244 g/mol. The highest BCUT2D eigenvalue weighted by Gasteiger charge is 2.46. The van der Waals surface area contributed by atoms with Crippen molar-refractivity contribution in [3.8, 4) is 0 Å². The summed E-state index contributed by atoms with van der Waals surface area (Å²) in [6.07, 6.45) is 3.29. The van der Waals surface area contributed by atoms with E-state index < -0.39 is 14.4 Å². The molecule has 1 atom stereocenters. The summed E-state index contributed by atoms with van der Waals surface area (Å²) in [5.74, 6) is 0. The molecule has 18 heavy (non-hydrogen) atoms. The van der Waals surface area contributed by atoms with Crippen LogP contribution in [-0.2, 0) is 4.43 Å². The van der Waals surface area contributed by atoms with Crippen LogP contribution in [0, 0.1) is 5.41 Å². The Hall–Kier alpha value is 0.0969. The predicted octanol–water partition coefficient (Wildman–Crippen LogP) is 2.92. The van der Waals surface area contributed by atoms with Gasteiger partial charge in [0.05, 0.1) is 6.10 Å². The lowest BCUT2D eigenvalue weighted by Crippen LogP contribution is -2.50. The molecule has 1 fully saturated rings. The molecule has 0 unspecified atom stereocenters. The van der Waals surface area contributed by atoms with E-state index in [1.807, 2.05) is 0 Å². The van der Waals surface area contributed by atoms with Crippen LogP contribution in [0.1, 0.15) is 46.5 Å². The molecule has 0 bridgehead atoms. The van der Waals surface area contributed by atoms with Crippen LogP contribution in [0.15, 0.2) is 0 Å². The van der Waals surface area contributed by atoms with Gasteiger partial charge in [-0.15, -0.1) is 0 Å².